The molecule has 0 aromatic heterocycles. The lowest BCUT2D eigenvalue weighted by Crippen LogP contribution is -2.25. The Morgan fingerprint density at radius 1 is 0.282 bits per heavy atom. The Hall–Kier alpha value is -6.24. The Morgan fingerprint density at radius 3 is 0.944 bits per heavy atom. The number of hydrogen-bond donors (Lipinski definition) is 0. The molecular formula is C71H72. The second-order valence-electron chi connectivity index (χ2n) is 23.7. The first-order valence-corrected chi connectivity index (χ1v) is 27.4. The fourth-order valence-corrected chi connectivity index (χ4v) is 14.2. The van der Waals surface area contributed by atoms with Crippen LogP contribution in [0.5, 0.6) is 0 Å². The highest BCUT2D eigenvalue weighted by atomic mass is 14.5. The second kappa shape index (κ2) is 16.9. The number of unbranched alkanes of at least 4 members (excludes halogenated alkanes) is 6. The summed E-state index contributed by atoms with van der Waals surface area (Å²) in [6.07, 6.45) is 12.9. The highest BCUT2D eigenvalue weighted by Gasteiger charge is 2.43. The molecule has 12 rings (SSSR count). The lowest BCUT2D eigenvalue weighted by Gasteiger charge is -2.33. The topological polar surface area (TPSA) is 0 Å². The highest BCUT2D eigenvalue weighted by molar-refractivity contribution is 5.91. The lowest BCUT2D eigenvalue weighted by molar-refractivity contribution is 0.401. The molecule has 0 spiro atoms. The molecule has 0 saturated heterocycles. The predicted molar refractivity (Wildman–Crippen MR) is 304 cm³/mol. The number of fused-ring (bicyclic) bond motifs is 12. The average Bonchev–Trinajstić information content (AvgIpc) is 3.96. The van der Waals surface area contributed by atoms with E-state index in [-0.39, 0.29) is 21.7 Å². The van der Waals surface area contributed by atoms with Crippen molar-refractivity contribution < 1.29 is 0 Å². The first kappa shape index (κ1) is 45.9. The monoisotopic (exact) mass is 925 g/mol. The van der Waals surface area contributed by atoms with E-state index >= 15 is 0 Å². The fraction of sp³-hybridized carbons (Fsp3) is 0.324. The van der Waals surface area contributed by atoms with Crippen LogP contribution in [0.4, 0.5) is 0 Å². The SMILES string of the molecule is CCCCCCC1(CCCCCC)c2ccccc2-c2ccc(-c3ccc4c(c3)C(C)(C)c3cc(-c5ccc6c(c5)C(C)(C)c5cc(-c7ccc8c(c7)C(C)(C)c7cc(C)ccc7-8)ccc5-6)ccc3-4)cc21. The average molecular weight is 925 g/mol. The van der Waals surface area contributed by atoms with Crippen LogP contribution in [0.1, 0.15) is 170 Å². The van der Waals surface area contributed by atoms with Crippen LogP contribution < -0.4 is 0 Å². The minimum absolute atomic E-state index is 0.0289. The van der Waals surface area contributed by atoms with Crippen LogP contribution in [0.3, 0.4) is 0 Å². The summed E-state index contributed by atoms with van der Waals surface area (Å²) in [6.45, 7) is 21.4. The Bertz CT molecular complexity index is 3420. The van der Waals surface area contributed by atoms with Crippen LogP contribution in [0.15, 0.2) is 152 Å². The zero-order valence-electron chi connectivity index (χ0n) is 44.0. The van der Waals surface area contributed by atoms with Gasteiger partial charge in [-0.05, 0) is 179 Å². The van der Waals surface area contributed by atoms with Gasteiger partial charge in [-0.15, -0.1) is 0 Å². The molecule has 71 heavy (non-hydrogen) atoms. The molecule has 0 atom stereocenters. The van der Waals surface area contributed by atoms with Crippen LogP contribution in [-0.2, 0) is 21.7 Å². The number of aryl methyl sites for hydroxylation is 1. The Labute approximate surface area is 425 Å². The molecule has 0 radical (unpaired) electrons. The van der Waals surface area contributed by atoms with Gasteiger partial charge < -0.3 is 0 Å². The molecular weight excluding hydrogens is 853 g/mol. The molecule has 0 aliphatic heterocycles. The van der Waals surface area contributed by atoms with Crippen LogP contribution in [0.25, 0.3) is 77.9 Å². The van der Waals surface area contributed by atoms with Gasteiger partial charge in [-0.25, -0.2) is 0 Å². The third kappa shape index (κ3) is 7.05. The van der Waals surface area contributed by atoms with E-state index in [1.54, 1.807) is 11.1 Å². The van der Waals surface area contributed by atoms with Crippen molar-refractivity contribution in [3.05, 3.63) is 202 Å². The van der Waals surface area contributed by atoms with Gasteiger partial charge in [0.05, 0.1) is 0 Å². The van der Waals surface area contributed by atoms with Crippen LogP contribution in [0, 0.1) is 6.92 Å². The maximum absolute atomic E-state index is 2.62. The van der Waals surface area contributed by atoms with Gasteiger partial charge in [-0.3, -0.25) is 0 Å². The zero-order chi connectivity index (χ0) is 49.0. The minimum atomic E-state index is -0.136. The van der Waals surface area contributed by atoms with Gasteiger partial charge in [0.25, 0.3) is 0 Å². The molecule has 0 bridgehead atoms. The van der Waals surface area contributed by atoms with E-state index in [0.717, 1.165) is 0 Å². The van der Waals surface area contributed by atoms with Gasteiger partial charge in [-0.1, -0.05) is 228 Å². The van der Waals surface area contributed by atoms with E-state index in [0.29, 0.717) is 0 Å². The zero-order valence-corrected chi connectivity index (χ0v) is 44.0. The fourth-order valence-electron chi connectivity index (χ4n) is 14.2. The largest absolute Gasteiger partial charge is 0.0654 e. The van der Waals surface area contributed by atoms with Crippen molar-refractivity contribution in [2.75, 3.05) is 0 Å². The van der Waals surface area contributed by atoms with Gasteiger partial charge in [0.2, 0.25) is 0 Å². The van der Waals surface area contributed by atoms with Crippen molar-refractivity contribution in [3.63, 3.8) is 0 Å². The third-order valence-electron chi connectivity index (χ3n) is 18.4. The first-order valence-electron chi connectivity index (χ1n) is 27.4. The quantitative estimate of drug-likeness (QED) is 0.101. The maximum Gasteiger partial charge on any atom is 0.0215 e. The summed E-state index contributed by atoms with van der Waals surface area (Å²) in [6, 6.07) is 60.2. The summed E-state index contributed by atoms with van der Waals surface area (Å²) in [4.78, 5) is 0. The summed E-state index contributed by atoms with van der Waals surface area (Å²) in [5.74, 6) is 0. The third-order valence-corrected chi connectivity index (χ3v) is 18.4. The Kier molecular flexibility index (Phi) is 10.9. The molecule has 8 aromatic carbocycles. The summed E-state index contributed by atoms with van der Waals surface area (Å²) in [5.41, 5.74) is 31.8. The predicted octanol–water partition coefficient (Wildman–Crippen LogP) is 20.1. The van der Waals surface area contributed by atoms with Crippen molar-refractivity contribution in [2.24, 2.45) is 0 Å². The first-order chi connectivity index (χ1) is 34.3. The summed E-state index contributed by atoms with van der Waals surface area (Å²) >= 11 is 0. The van der Waals surface area contributed by atoms with Crippen LogP contribution in [0.2, 0.25) is 0 Å². The number of rotatable bonds is 13. The molecule has 0 saturated carbocycles. The number of hydrogen-bond acceptors (Lipinski definition) is 0. The highest BCUT2D eigenvalue weighted by Crippen LogP contribution is 2.57. The molecule has 0 amide bonds. The molecule has 0 fully saturated rings. The molecule has 0 heterocycles. The van der Waals surface area contributed by atoms with Gasteiger partial charge in [-0.2, -0.15) is 0 Å². The standard InChI is InChI=1S/C71H72/c1-10-12-14-18-36-71(37-19-15-13-11-2)60-21-17-16-20-52(60)59-35-28-51(44-67(59)71)50-27-34-58-57-33-26-49(42-65(57)70(8,9)66(58)43-50)48-25-32-56-55-31-24-47(40-63(55)69(6,7)64(56)41-48)46-23-30-54-53-29-22-45(3)38-61(53)68(4,5)62(54)39-46/h16-17,20-35,38-44H,10-15,18-19,36-37H2,1-9H3. The van der Waals surface area contributed by atoms with E-state index in [1.807, 2.05) is 0 Å². The van der Waals surface area contributed by atoms with Gasteiger partial charge >= 0.3 is 0 Å². The molecule has 4 aliphatic carbocycles. The van der Waals surface area contributed by atoms with Crippen molar-refractivity contribution in [1.82, 2.24) is 0 Å². The van der Waals surface area contributed by atoms with E-state index in [2.05, 4.69) is 214 Å². The van der Waals surface area contributed by atoms with E-state index in [4.69, 9.17) is 0 Å². The molecule has 4 aliphatic rings. The normalized spacial score (nSPS) is 16.1. The van der Waals surface area contributed by atoms with Crippen molar-refractivity contribution in [2.45, 2.75) is 148 Å². The van der Waals surface area contributed by atoms with Crippen molar-refractivity contribution >= 4 is 0 Å². The summed E-state index contributed by atoms with van der Waals surface area (Å²) < 4.78 is 0. The molecule has 0 heteroatoms. The Balaban J connectivity index is 0.843. The van der Waals surface area contributed by atoms with E-state index in [9.17, 15) is 0 Å². The van der Waals surface area contributed by atoms with Gasteiger partial charge in [0, 0.05) is 21.7 Å². The van der Waals surface area contributed by atoms with Gasteiger partial charge in [0.1, 0.15) is 0 Å². The van der Waals surface area contributed by atoms with E-state index in [1.165, 1.54) is 181 Å². The van der Waals surface area contributed by atoms with Crippen LogP contribution in [-0.4, -0.2) is 0 Å². The van der Waals surface area contributed by atoms with Crippen LogP contribution >= 0.6 is 0 Å². The smallest absolute Gasteiger partial charge is 0.0215 e. The van der Waals surface area contributed by atoms with E-state index < -0.39 is 0 Å². The Morgan fingerprint density at radius 2 is 0.577 bits per heavy atom. The summed E-state index contributed by atoms with van der Waals surface area (Å²) in [5, 5.41) is 0. The molecule has 0 nitrogen and oxygen atoms in total. The molecule has 0 unspecified atom stereocenters. The molecule has 0 N–H and O–H groups in total. The lowest BCUT2D eigenvalue weighted by atomic mass is 9.70. The van der Waals surface area contributed by atoms with Crippen molar-refractivity contribution in [1.29, 1.82) is 0 Å². The maximum atomic E-state index is 2.62. The number of benzene rings is 8. The summed E-state index contributed by atoms with van der Waals surface area (Å²) in [7, 11) is 0. The van der Waals surface area contributed by atoms with Gasteiger partial charge in [0.15, 0.2) is 0 Å². The molecule has 356 valence electrons. The van der Waals surface area contributed by atoms with Crippen molar-refractivity contribution in [3.8, 4) is 77.9 Å². The second-order valence-corrected chi connectivity index (χ2v) is 23.7. The minimum Gasteiger partial charge on any atom is -0.0654 e. The molecule has 8 aromatic rings.